The Kier molecular flexibility index (Phi) is 4.84. The van der Waals surface area contributed by atoms with Crippen molar-refractivity contribution in [1.82, 2.24) is 5.32 Å². The van der Waals surface area contributed by atoms with Crippen LogP contribution in [0.4, 0.5) is 0 Å². The first-order chi connectivity index (χ1) is 8.13. The van der Waals surface area contributed by atoms with E-state index in [1.54, 1.807) is 12.1 Å². The second-order valence-electron chi connectivity index (χ2n) is 3.19. The number of halogens is 1. The van der Waals surface area contributed by atoms with Crippen LogP contribution in [0.1, 0.15) is 10.4 Å². The molecule has 0 bridgehead atoms. The number of methoxy groups -OCH3 is 2. The second kappa shape index (κ2) is 6.15. The van der Waals surface area contributed by atoms with Crippen LogP contribution in [-0.4, -0.2) is 26.7 Å². The van der Waals surface area contributed by atoms with Gasteiger partial charge < -0.3 is 14.8 Å². The molecule has 0 aliphatic rings. The molecule has 17 heavy (non-hydrogen) atoms. The molecule has 5 heteroatoms. The summed E-state index contributed by atoms with van der Waals surface area (Å²) in [6, 6.07) is 3.10. The third kappa shape index (κ3) is 3.14. The van der Waals surface area contributed by atoms with Crippen LogP contribution in [-0.2, 0) is 0 Å². The number of rotatable bonds is 5. The van der Waals surface area contributed by atoms with Gasteiger partial charge in [-0.15, -0.1) is 6.58 Å². The van der Waals surface area contributed by atoms with E-state index in [2.05, 4.69) is 11.9 Å². The normalized spacial score (nSPS) is 9.59. The quantitative estimate of drug-likeness (QED) is 0.821. The summed E-state index contributed by atoms with van der Waals surface area (Å²) in [5.41, 5.74) is 0.412. The smallest absolute Gasteiger partial charge is 0.251 e. The van der Waals surface area contributed by atoms with Gasteiger partial charge in [0.2, 0.25) is 0 Å². The lowest BCUT2D eigenvalue weighted by Crippen LogP contribution is -2.23. The first kappa shape index (κ1) is 13.4. The van der Waals surface area contributed by atoms with Gasteiger partial charge in [0.25, 0.3) is 5.91 Å². The summed E-state index contributed by atoms with van der Waals surface area (Å²) in [5.74, 6) is 0.589. The van der Waals surface area contributed by atoms with Gasteiger partial charge in [0.05, 0.1) is 19.2 Å². The molecule has 0 unspecified atom stereocenters. The Morgan fingerprint density at radius 2 is 2.18 bits per heavy atom. The van der Waals surface area contributed by atoms with E-state index in [-0.39, 0.29) is 5.91 Å². The molecule has 1 amide bonds. The van der Waals surface area contributed by atoms with Gasteiger partial charge in [-0.05, 0) is 12.1 Å². The topological polar surface area (TPSA) is 47.6 Å². The molecular formula is C12H14ClNO3. The summed E-state index contributed by atoms with van der Waals surface area (Å²) in [5, 5.41) is 2.98. The molecule has 1 rings (SSSR count). The number of hydrogen-bond acceptors (Lipinski definition) is 3. The van der Waals surface area contributed by atoms with E-state index in [1.807, 2.05) is 0 Å². The Morgan fingerprint density at radius 3 is 2.71 bits per heavy atom. The zero-order valence-electron chi connectivity index (χ0n) is 9.75. The average molecular weight is 256 g/mol. The summed E-state index contributed by atoms with van der Waals surface area (Å²) in [4.78, 5) is 11.7. The molecule has 0 radical (unpaired) electrons. The van der Waals surface area contributed by atoms with E-state index in [1.165, 1.54) is 20.3 Å². The minimum absolute atomic E-state index is 0.243. The number of carbonyl (C=O) groups is 1. The van der Waals surface area contributed by atoms with Gasteiger partial charge in [0.1, 0.15) is 0 Å². The molecule has 0 saturated heterocycles. The molecule has 0 heterocycles. The number of ether oxygens (including phenoxy) is 2. The van der Waals surface area contributed by atoms with E-state index in [0.29, 0.717) is 28.6 Å². The molecule has 1 aromatic rings. The summed E-state index contributed by atoms with van der Waals surface area (Å²) in [7, 11) is 2.97. The predicted octanol–water partition coefficient (Wildman–Crippen LogP) is 2.27. The molecule has 0 fully saturated rings. The number of hydrogen-bond donors (Lipinski definition) is 1. The van der Waals surface area contributed by atoms with E-state index in [0.717, 1.165) is 0 Å². The summed E-state index contributed by atoms with van der Waals surface area (Å²) < 4.78 is 10.2. The lowest BCUT2D eigenvalue weighted by atomic mass is 10.2. The monoisotopic (exact) mass is 255 g/mol. The third-order valence-corrected chi connectivity index (χ3v) is 2.38. The van der Waals surface area contributed by atoms with Crippen molar-refractivity contribution in [1.29, 1.82) is 0 Å². The molecule has 0 spiro atoms. The first-order valence-electron chi connectivity index (χ1n) is 4.94. The van der Waals surface area contributed by atoms with Crippen LogP contribution in [0.25, 0.3) is 0 Å². The summed E-state index contributed by atoms with van der Waals surface area (Å²) in [6.45, 7) is 3.91. The van der Waals surface area contributed by atoms with Crippen LogP contribution in [0.15, 0.2) is 24.8 Å². The number of benzene rings is 1. The molecule has 0 atom stereocenters. The lowest BCUT2D eigenvalue weighted by Gasteiger charge is -2.11. The maximum Gasteiger partial charge on any atom is 0.251 e. The largest absolute Gasteiger partial charge is 0.493 e. The maximum absolute atomic E-state index is 11.7. The van der Waals surface area contributed by atoms with E-state index >= 15 is 0 Å². The van der Waals surface area contributed by atoms with E-state index < -0.39 is 0 Å². The zero-order valence-corrected chi connectivity index (χ0v) is 10.5. The molecule has 4 nitrogen and oxygen atoms in total. The van der Waals surface area contributed by atoms with Crippen molar-refractivity contribution in [3.63, 3.8) is 0 Å². The fourth-order valence-electron chi connectivity index (χ4n) is 1.32. The fourth-order valence-corrected chi connectivity index (χ4v) is 1.60. The highest BCUT2D eigenvalue weighted by molar-refractivity contribution is 6.32. The van der Waals surface area contributed by atoms with Gasteiger partial charge in [-0.25, -0.2) is 0 Å². The van der Waals surface area contributed by atoms with Gasteiger partial charge in [-0.2, -0.15) is 0 Å². The van der Waals surface area contributed by atoms with E-state index in [4.69, 9.17) is 21.1 Å². The summed E-state index contributed by atoms with van der Waals surface area (Å²) >= 11 is 5.99. The highest BCUT2D eigenvalue weighted by Crippen LogP contribution is 2.35. The number of carbonyl (C=O) groups excluding carboxylic acids is 1. The minimum Gasteiger partial charge on any atom is -0.493 e. The minimum atomic E-state index is -0.243. The maximum atomic E-state index is 11.7. The summed E-state index contributed by atoms with van der Waals surface area (Å²) in [6.07, 6.45) is 1.60. The highest BCUT2D eigenvalue weighted by Gasteiger charge is 2.14. The van der Waals surface area contributed by atoms with Crippen LogP contribution >= 0.6 is 11.6 Å². The Balaban J connectivity index is 3.06. The average Bonchev–Trinajstić information content (AvgIpc) is 2.34. The van der Waals surface area contributed by atoms with Crippen molar-refractivity contribution in [2.75, 3.05) is 20.8 Å². The Morgan fingerprint density at radius 1 is 1.47 bits per heavy atom. The fraction of sp³-hybridized carbons (Fsp3) is 0.250. The van der Waals surface area contributed by atoms with Gasteiger partial charge in [0, 0.05) is 12.1 Å². The zero-order chi connectivity index (χ0) is 12.8. The molecule has 1 N–H and O–H groups in total. The van der Waals surface area contributed by atoms with E-state index in [9.17, 15) is 4.79 Å². The lowest BCUT2D eigenvalue weighted by molar-refractivity contribution is 0.0957. The van der Waals surface area contributed by atoms with Crippen molar-refractivity contribution in [2.45, 2.75) is 0 Å². The SMILES string of the molecule is C=CCNC(=O)c1cc(Cl)c(OC)c(OC)c1. The van der Waals surface area contributed by atoms with Crippen LogP contribution in [0.2, 0.25) is 5.02 Å². The van der Waals surface area contributed by atoms with Crippen LogP contribution < -0.4 is 14.8 Å². The second-order valence-corrected chi connectivity index (χ2v) is 3.60. The van der Waals surface area contributed by atoms with Crippen LogP contribution in [0.5, 0.6) is 11.5 Å². The Bertz CT molecular complexity index is 432. The molecule has 0 aliphatic carbocycles. The van der Waals surface area contributed by atoms with Crippen molar-refractivity contribution >= 4 is 17.5 Å². The molecule has 0 saturated carbocycles. The van der Waals surface area contributed by atoms with Crippen LogP contribution in [0.3, 0.4) is 0 Å². The van der Waals surface area contributed by atoms with Gasteiger partial charge >= 0.3 is 0 Å². The Labute approximate surface area is 105 Å². The number of amides is 1. The van der Waals surface area contributed by atoms with Crippen molar-refractivity contribution in [3.05, 3.63) is 35.4 Å². The van der Waals surface area contributed by atoms with Crippen molar-refractivity contribution < 1.29 is 14.3 Å². The molecule has 0 aromatic heterocycles. The van der Waals surface area contributed by atoms with Gasteiger partial charge in [-0.1, -0.05) is 17.7 Å². The first-order valence-corrected chi connectivity index (χ1v) is 5.32. The van der Waals surface area contributed by atoms with Gasteiger partial charge in [-0.3, -0.25) is 4.79 Å². The highest BCUT2D eigenvalue weighted by atomic mass is 35.5. The third-order valence-electron chi connectivity index (χ3n) is 2.10. The molecule has 1 aromatic carbocycles. The van der Waals surface area contributed by atoms with Crippen LogP contribution in [0, 0.1) is 0 Å². The molecular weight excluding hydrogens is 242 g/mol. The number of nitrogens with one attached hydrogen (secondary N) is 1. The predicted molar refractivity (Wildman–Crippen MR) is 67.1 cm³/mol. The van der Waals surface area contributed by atoms with Crippen molar-refractivity contribution in [2.24, 2.45) is 0 Å². The molecule has 92 valence electrons. The van der Waals surface area contributed by atoms with Gasteiger partial charge in [0.15, 0.2) is 11.5 Å². The standard InChI is InChI=1S/C12H14ClNO3/c1-4-5-14-12(15)8-6-9(13)11(17-3)10(7-8)16-2/h4,6-7H,1,5H2,2-3H3,(H,14,15). The van der Waals surface area contributed by atoms with Crippen molar-refractivity contribution in [3.8, 4) is 11.5 Å². The Hall–Kier alpha value is -1.68. The molecule has 0 aliphatic heterocycles.